The molecule has 2 N–H and O–H groups in total. The summed E-state index contributed by atoms with van der Waals surface area (Å²) in [5.74, 6) is -0.182. The van der Waals surface area contributed by atoms with Crippen LogP contribution in [0.15, 0.2) is 78.9 Å². The fourth-order valence-electron chi connectivity index (χ4n) is 6.71. The predicted molar refractivity (Wildman–Crippen MR) is 193 cm³/mol. The number of nitrogens with one attached hydrogen (secondary N) is 2. The van der Waals surface area contributed by atoms with E-state index >= 15 is 0 Å². The molecule has 11 heteroatoms. The highest BCUT2D eigenvalue weighted by Crippen LogP contribution is 2.38. The molecule has 4 aromatic carbocycles. The molecule has 244 valence electrons. The number of nitrogens with zero attached hydrogens (tertiary/aromatic N) is 5. The number of carbonyl (C=O) groups excluding carboxylic acids is 2. The average molecular weight is 697 g/mol. The Hall–Kier alpha value is -6.05. The summed E-state index contributed by atoms with van der Waals surface area (Å²) in [7, 11) is 0. The van der Waals surface area contributed by atoms with E-state index in [0.29, 0.717) is 51.2 Å². The first kappa shape index (κ1) is 32.5. The van der Waals surface area contributed by atoms with E-state index in [9.17, 15) is 20.1 Å². The molecule has 50 heavy (non-hydrogen) atoms. The molecule has 6 aromatic rings. The molecule has 0 fully saturated rings. The van der Waals surface area contributed by atoms with E-state index in [4.69, 9.17) is 28.5 Å². The molecule has 8 rings (SSSR count). The van der Waals surface area contributed by atoms with E-state index in [1.165, 1.54) is 0 Å². The number of rotatable bonds is 2. The van der Waals surface area contributed by atoms with Crippen LogP contribution in [0.4, 0.5) is 0 Å². The number of amides is 2. The second-order valence-corrected chi connectivity index (χ2v) is 12.9. The third-order valence-electron chi connectivity index (χ3n) is 8.94. The van der Waals surface area contributed by atoms with Crippen molar-refractivity contribution in [1.82, 2.24) is 19.8 Å². The first-order valence-electron chi connectivity index (χ1n) is 16.0. The van der Waals surface area contributed by atoms with Crippen LogP contribution in [0.2, 0.25) is 10.0 Å². The molecule has 0 bridgehead atoms. The molecule has 0 saturated carbocycles. The first-order chi connectivity index (χ1) is 24.3. The molecule has 2 aliphatic heterocycles. The topological polar surface area (TPSA) is 139 Å². The Kier molecular flexibility index (Phi) is 8.74. The molecule has 0 spiro atoms. The Labute approximate surface area is 297 Å². The molecule has 2 aliphatic rings. The van der Waals surface area contributed by atoms with Gasteiger partial charge in [0.15, 0.2) is 0 Å². The van der Waals surface area contributed by atoms with E-state index in [0.717, 1.165) is 70.0 Å². The number of aromatic nitrogens is 2. The fourth-order valence-corrected chi connectivity index (χ4v) is 7.22. The van der Waals surface area contributed by atoms with E-state index < -0.39 is 0 Å². The fraction of sp³-hybridized carbons (Fsp3) is 0.154. The van der Waals surface area contributed by atoms with Crippen LogP contribution in [0.3, 0.4) is 0 Å². The number of carbonyl (C=O) groups is 2. The number of nitriles is 3. The van der Waals surface area contributed by atoms with Crippen molar-refractivity contribution in [2.75, 3.05) is 13.1 Å². The summed E-state index contributed by atoms with van der Waals surface area (Å²) >= 11 is 12.4. The summed E-state index contributed by atoms with van der Waals surface area (Å²) in [6, 6.07) is 30.0. The van der Waals surface area contributed by atoms with Crippen LogP contribution in [0.5, 0.6) is 0 Å². The van der Waals surface area contributed by atoms with Gasteiger partial charge >= 0.3 is 0 Å². The van der Waals surface area contributed by atoms with Gasteiger partial charge in [-0.3, -0.25) is 9.59 Å². The van der Waals surface area contributed by atoms with Crippen LogP contribution in [0.1, 0.15) is 50.5 Å². The number of benzene rings is 4. The zero-order valence-corrected chi connectivity index (χ0v) is 28.1. The second kappa shape index (κ2) is 13.5. The van der Waals surface area contributed by atoms with Crippen molar-refractivity contribution in [3.63, 3.8) is 0 Å². The van der Waals surface area contributed by atoms with Crippen molar-refractivity contribution >= 4 is 56.8 Å². The maximum atomic E-state index is 12.3. The highest BCUT2D eigenvalue weighted by molar-refractivity contribution is 6.36. The number of hydrogen-bond donors (Lipinski definition) is 2. The number of fused-ring (bicyclic) bond motifs is 6. The molecule has 0 atom stereocenters. The summed E-state index contributed by atoms with van der Waals surface area (Å²) in [5.41, 5.74) is 8.20. The van der Waals surface area contributed by atoms with Crippen LogP contribution in [0, 0.1) is 34.0 Å². The third-order valence-corrected chi connectivity index (χ3v) is 9.49. The highest BCUT2D eigenvalue weighted by atomic mass is 35.5. The quantitative estimate of drug-likeness (QED) is 0.190. The van der Waals surface area contributed by atoms with Crippen molar-refractivity contribution in [1.29, 1.82) is 15.8 Å². The summed E-state index contributed by atoms with van der Waals surface area (Å²) in [6.07, 6.45) is 1.70. The minimum Gasteiger partial charge on any atom is -0.351 e. The lowest BCUT2D eigenvalue weighted by atomic mass is 9.99. The minimum absolute atomic E-state index is 0.0852. The predicted octanol–water partition coefficient (Wildman–Crippen LogP) is 7.81. The monoisotopic (exact) mass is 695 g/mol. The molecule has 0 unspecified atom stereocenters. The molecule has 4 heterocycles. The van der Waals surface area contributed by atoms with Crippen molar-refractivity contribution in [2.24, 2.45) is 0 Å². The smallest absolute Gasteiger partial charge is 0.267 e. The van der Waals surface area contributed by atoms with Gasteiger partial charge in [-0.25, -0.2) is 0 Å². The standard InChI is InChI=1S/C20H14N4O.C19H13Cl2N3O/c21-11-13-2-4-15(5-3-13)17-9-14(12-22)8-16-10-18-20(25)23-6-1-7-24(18)19(16)17;20-13-2-3-14(16(21)9-13)15-7-11(10-22)6-12-8-17-19(25)23-4-1-5-24(17)18(12)15/h2-5,8-10H,1,6-7H2,(H,23,25);2-3,6-9H,1,4-5H2,(H,23,25). The van der Waals surface area contributed by atoms with Gasteiger partial charge in [0.1, 0.15) is 11.4 Å². The lowest BCUT2D eigenvalue weighted by Crippen LogP contribution is -2.22. The SMILES string of the molecule is N#Cc1cc(-c2ccc(Cl)cc2Cl)c2c(c1)cc1n2CCCNC1=O.N#Cc1ccc(-c2cc(C#N)cc3cc4n(c23)CCCNC4=O)cc1. The van der Waals surface area contributed by atoms with E-state index in [-0.39, 0.29) is 11.8 Å². The Bertz CT molecular complexity index is 2490. The van der Waals surface area contributed by atoms with E-state index in [1.54, 1.807) is 30.3 Å². The number of hydrogen-bond acceptors (Lipinski definition) is 5. The van der Waals surface area contributed by atoms with Gasteiger partial charge in [0.2, 0.25) is 0 Å². The van der Waals surface area contributed by atoms with Gasteiger partial charge in [0, 0.05) is 63.7 Å². The molecule has 9 nitrogen and oxygen atoms in total. The number of halogens is 2. The Balaban J connectivity index is 0.000000157. The van der Waals surface area contributed by atoms with Gasteiger partial charge in [0.05, 0.1) is 45.9 Å². The number of aryl methyl sites for hydroxylation is 2. The largest absolute Gasteiger partial charge is 0.351 e. The van der Waals surface area contributed by atoms with Crippen LogP contribution in [-0.2, 0) is 13.1 Å². The van der Waals surface area contributed by atoms with Crippen molar-refractivity contribution in [3.8, 4) is 40.5 Å². The van der Waals surface area contributed by atoms with Crippen molar-refractivity contribution < 1.29 is 9.59 Å². The van der Waals surface area contributed by atoms with Crippen LogP contribution >= 0.6 is 23.2 Å². The maximum absolute atomic E-state index is 12.3. The van der Waals surface area contributed by atoms with Gasteiger partial charge in [0.25, 0.3) is 11.8 Å². The summed E-state index contributed by atoms with van der Waals surface area (Å²) in [6.45, 7) is 2.77. The molecular formula is C39H27Cl2N7O2. The van der Waals surface area contributed by atoms with Crippen LogP contribution in [0.25, 0.3) is 44.1 Å². The summed E-state index contributed by atoms with van der Waals surface area (Å²) in [5, 5.41) is 36.4. The van der Waals surface area contributed by atoms with Gasteiger partial charge < -0.3 is 19.8 Å². The van der Waals surface area contributed by atoms with Gasteiger partial charge in [-0.05, 0) is 79.1 Å². The molecule has 2 aromatic heterocycles. The van der Waals surface area contributed by atoms with Crippen molar-refractivity contribution in [3.05, 3.63) is 117 Å². The normalized spacial score (nSPS) is 13.7. The third kappa shape index (κ3) is 5.93. The summed E-state index contributed by atoms with van der Waals surface area (Å²) in [4.78, 5) is 24.7. The lowest BCUT2D eigenvalue weighted by Gasteiger charge is -2.12. The second-order valence-electron chi connectivity index (χ2n) is 12.0. The zero-order valence-electron chi connectivity index (χ0n) is 26.6. The zero-order chi connectivity index (χ0) is 34.9. The lowest BCUT2D eigenvalue weighted by molar-refractivity contribution is 0.0943. The van der Waals surface area contributed by atoms with E-state index in [1.807, 2.05) is 57.7 Å². The maximum Gasteiger partial charge on any atom is 0.267 e. The Morgan fingerprint density at radius 1 is 0.580 bits per heavy atom. The van der Waals surface area contributed by atoms with Crippen LogP contribution < -0.4 is 10.6 Å². The molecule has 0 radical (unpaired) electrons. The van der Waals surface area contributed by atoms with Crippen LogP contribution in [-0.4, -0.2) is 34.0 Å². The first-order valence-corrected chi connectivity index (χ1v) is 16.7. The van der Waals surface area contributed by atoms with Gasteiger partial charge in [-0.1, -0.05) is 41.4 Å². The molecule has 2 amide bonds. The van der Waals surface area contributed by atoms with E-state index in [2.05, 4.69) is 28.8 Å². The highest BCUT2D eigenvalue weighted by Gasteiger charge is 2.23. The molecule has 0 aliphatic carbocycles. The molecular weight excluding hydrogens is 669 g/mol. The summed E-state index contributed by atoms with van der Waals surface area (Å²) < 4.78 is 4.05. The Morgan fingerprint density at radius 3 is 1.62 bits per heavy atom. The van der Waals surface area contributed by atoms with Gasteiger partial charge in [-0.15, -0.1) is 0 Å². The Morgan fingerprint density at radius 2 is 1.10 bits per heavy atom. The molecule has 0 saturated heterocycles. The minimum atomic E-state index is -0.0969. The van der Waals surface area contributed by atoms with Crippen molar-refractivity contribution in [2.45, 2.75) is 25.9 Å². The van der Waals surface area contributed by atoms with Gasteiger partial charge in [-0.2, -0.15) is 15.8 Å². The average Bonchev–Trinajstić information content (AvgIpc) is 3.57.